The van der Waals surface area contributed by atoms with Gasteiger partial charge in [-0.2, -0.15) is 0 Å². The molecule has 1 heterocycles. The summed E-state index contributed by atoms with van der Waals surface area (Å²) < 4.78 is 5.46. The van der Waals surface area contributed by atoms with Crippen LogP contribution in [-0.2, 0) is 0 Å². The first-order chi connectivity index (χ1) is 7.99. The molecule has 2 N–H and O–H groups in total. The normalized spacial score (nSPS) is 10.5. The van der Waals surface area contributed by atoms with Crippen LogP contribution in [0.4, 0.5) is 0 Å². The Morgan fingerprint density at radius 2 is 2.12 bits per heavy atom. The second kappa shape index (κ2) is 4.21. The number of hydrogen-bond donors (Lipinski definition) is 2. The van der Waals surface area contributed by atoms with Gasteiger partial charge < -0.3 is 14.7 Å². The van der Waals surface area contributed by atoms with Crippen LogP contribution < -0.4 is 0 Å². The number of rotatable bonds is 2. The first-order valence-electron chi connectivity index (χ1n) is 4.68. The van der Waals surface area contributed by atoms with E-state index in [9.17, 15) is 9.90 Å². The van der Waals surface area contributed by atoms with Crippen LogP contribution in [0, 0.1) is 6.92 Å². The summed E-state index contributed by atoms with van der Waals surface area (Å²) in [5.41, 5.74) is 1.29. The van der Waals surface area contributed by atoms with Crippen molar-refractivity contribution in [1.29, 1.82) is 0 Å². The van der Waals surface area contributed by atoms with Gasteiger partial charge in [-0.05, 0) is 40.5 Å². The Morgan fingerprint density at radius 1 is 1.41 bits per heavy atom. The summed E-state index contributed by atoms with van der Waals surface area (Å²) in [6, 6.07) is 4.55. The molecule has 88 valence electrons. The summed E-state index contributed by atoms with van der Waals surface area (Å²) in [6.07, 6.45) is 0. The minimum atomic E-state index is -1.14. The fourth-order valence-electron chi connectivity index (χ4n) is 1.43. The lowest BCUT2D eigenvalue weighted by Crippen LogP contribution is -1.94. The summed E-state index contributed by atoms with van der Waals surface area (Å²) in [5, 5.41) is 21.7. The molecular weight excluding hydrogens is 290 g/mol. The smallest absolute Gasteiger partial charge is 0.358 e. The molecule has 5 nitrogen and oxygen atoms in total. The number of benzene rings is 1. The fourth-order valence-corrected chi connectivity index (χ4v) is 1.78. The van der Waals surface area contributed by atoms with Crippen molar-refractivity contribution in [2.45, 2.75) is 6.92 Å². The van der Waals surface area contributed by atoms with Crippen LogP contribution in [0.3, 0.4) is 0 Å². The standard InChI is InChI=1S/C11H8BrNO4/c1-5-2-9(14)7(12)3-6(5)10-4-8(11(15)16)13-17-10/h2-4,14H,1H3,(H,15,16). The average molecular weight is 298 g/mol. The van der Waals surface area contributed by atoms with Gasteiger partial charge in [0.2, 0.25) is 0 Å². The lowest BCUT2D eigenvalue weighted by molar-refractivity contribution is 0.0686. The molecule has 0 unspecified atom stereocenters. The Kier molecular flexibility index (Phi) is 2.89. The van der Waals surface area contributed by atoms with E-state index >= 15 is 0 Å². The van der Waals surface area contributed by atoms with Crippen molar-refractivity contribution in [2.75, 3.05) is 0 Å². The van der Waals surface area contributed by atoms with Crippen LogP contribution in [-0.4, -0.2) is 21.3 Å². The highest BCUT2D eigenvalue weighted by Gasteiger charge is 2.15. The van der Waals surface area contributed by atoms with E-state index < -0.39 is 5.97 Å². The third-order valence-corrected chi connectivity index (χ3v) is 2.92. The van der Waals surface area contributed by atoms with Gasteiger partial charge in [-0.1, -0.05) is 5.16 Å². The van der Waals surface area contributed by atoms with Gasteiger partial charge in [0.1, 0.15) is 5.75 Å². The first kappa shape index (κ1) is 11.7. The lowest BCUT2D eigenvalue weighted by atomic mass is 10.1. The number of nitrogens with zero attached hydrogens (tertiary/aromatic N) is 1. The number of hydrogen-bond acceptors (Lipinski definition) is 4. The van der Waals surface area contributed by atoms with Crippen LogP contribution in [0.15, 0.2) is 27.2 Å². The molecule has 0 aliphatic carbocycles. The zero-order valence-corrected chi connectivity index (χ0v) is 10.4. The molecule has 0 saturated carbocycles. The predicted molar refractivity (Wildman–Crippen MR) is 63.0 cm³/mol. The monoisotopic (exact) mass is 297 g/mol. The molecule has 0 spiro atoms. The second-order valence-corrected chi connectivity index (χ2v) is 4.35. The highest BCUT2D eigenvalue weighted by molar-refractivity contribution is 9.10. The van der Waals surface area contributed by atoms with Crippen LogP contribution in [0.5, 0.6) is 5.75 Å². The zero-order chi connectivity index (χ0) is 12.6. The van der Waals surface area contributed by atoms with Crippen LogP contribution in [0.1, 0.15) is 16.1 Å². The van der Waals surface area contributed by atoms with Crippen LogP contribution in [0.25, 0.3) is 11.3 Å². The van der Waals surface area contributed by atoms with Gasteiger partial charge in [0.25, 0.3) is 0 Å². The molecule has 2 aromatic rings. The summed E-state index contributed by atoms with van der Waals surface area (Å²) >= 11 is 3.18. The lowest BCUT2D eigenvalue weighted by Gasteiger charge is -2.04. The summed E-state index contributed by atoms with van der Waals surface area (Å²) in [5.74, 6) is -0.680. The minimum absolute atomic E-state index is 0.115. The molecule has 0 amide bonds. The van der Waals surface area contributed by atoms with Crippen molar-refractivity contribution >= 4 is 21.9 Å². The number of halogens is 1. The summed E-state index contributed by atoms with van der Waals surface area (Å²) in [6.45, 7) is 1.78. The molecule has 1 aromatic heterocycles. The van der Waals surface area contributed by atoms with E-state index in [1.54, 1.807) is 19.1 Å². The highest BCUT2D eigenvalue weighted by atomic mass is 79.9. The number of phenols is 1. The van der Waals surface area contributed by atoms with Crippen molar-refractivity contribution in [1.82, 2.24) is 5.16 Å². The highest BCUT2D eigenvalue weighted by Crippen LogP contribution is 2.33. The van der Waals surface area contributed by atoms with Gasteiger partial charge in [-0.15, -0.1) is 0 Å². The molecule has 2 rings (SSSR count). The van der Waals surface area contributed by atoms with E-state index in [1.165, 1.54) is 6.07 Å². The molecule has 0 bridgehead atoms. The van der Waals surface area contributed by atoms with Crippen molar-refractivity contribution in [3.8, 4) is 17.1 Å². The number of carboxylic acids is 1. The van der Waals surface area contributed by atoms with Crippen LogP contribution in [0.2, 0.25) is 0 Å². The maximum atomic E-state index is 10.7. The number of aryl methyl sites for hydroxylation is 1. The number of aromatic carboxylic acids is 1. The number of carbonyl (C=O) groups is 1. The molecule has 0 fully saturated rings. The van der Waals surface area contributed by atoms with E-state index in [4.69, 9.17) is 9.63 Å². The van der Waals surface area contributed by atoms with E-state index in [0.717, 1.165) is 5.56 Å². The zero-order valence-electron chi connectivity index (χ0n) is 8.77. The van der Waals surface area contributed by atoms with Crippen molar-refractivity contribution in [3.05, 3.63) is 33.9 Å². The average Bonchev–Trinajstić information content (AvgIpc) is 2.72. The molecule has 0 aliphatic heterocycles. The molecule has 0 aliphatic rings. The Morgan fingerprint density at radius 3 is 2.71 bits per heavy atom. The molecule has 0 radical (unpaired) electrons. The van der Waals surface area contributed by atoms with Gasteiger partial charge in [-0.25, -0.2) is 4.79 Å². The molecular formula is C11H8BrNO4. The molecule has 17 heavy (non-hydrogen) atoms. The SMILES string of the molecule is Cc1cc(O)c(Br)cc1-c1cc(C(=O)O)no1. The summed E-state index contributed by atoms with van der Waals surface area (Å²) in [4.78, 5) is 10.7. The minimum Gasteiger partial charge on any atom is -0.507 e. The maximum Gasteiger partial charge on any atom is 0.358 e. The number of aromatic nitrogens is 1. The Hall–Kier alpha value is -1.82. The summed E-state index contributed by atoms with van der Waals surface area (Å²) in [7, 11) is 0. The van der Waals surface area contributed by atoms with E-state index in [-0.39, 0.29) is 11.4 Å². The van der Waals surface area contributed by atoms with Crippen molar-refractivity contribution in [2.24, 2.45) is 0 Å². The maximum absolute atomic E-state index is 10.7. The van der Waals surface area contributed by atoms with Gasteiger partial charge in [0.05, 0.1) is 4.47 Å². The Labute approximate surface area is 105 Å². The number of aromatic hydroxyl groups is 1. The second-order valence-electron chi connectivity index (χ2n) is 3.50. The van der Waals surface area contributed by atoms with E-state index in [1.807, 2.05) is 0 Å². The number of carboxylic acid groups (broad SMARTS) is 1. The quantitative estimate of drug-likeness (QED) is 0.890. The first-order valence-corrected chi connectivity index (χ1v) is 5.48. The van der Waals surface area contributed by atoms with Crippen molar-refractivity contribution < 1.29 is 19.5 Å². The third-order valence-electron chi connectivity index (χ3n) is 2.29. The predicted octanol–water partition coefficient (Wildman–Crippen LogP) is 2.82. The number of phenolic OH excluding ortho intramolecular Hbond substituents is 1. The Balaban J connectivity index is 2.52. The topological polar surface area (TPSA) is 83.6 Å². The molecule has 0 saturated heterocycles. The molecule has 0 atom stereocenters. The van der Waals surface area contributed by atoms with Crippen molar-refractivity contribution in [3.63, 3.8) is 0 Å². The third kappa shape index (κ3) is 2.16. The Bertz CT molecular complexity index is 591. The molecule has 1 aromatic carbocycles. The fraction of sp³-hybridized carbons (Fsp3) is 0.0909. The largest absolute Gasteiger partial charge is 0.507 e. The van der Waals surface area contributed by atoms with E-state index in [0.29, 0.717) is 15.8 Å². The van der Waals surface area contributed by atoms with Gasteiger partial charge in [0.15, 0.2) is 11.5 Å². The molecule has 6 heteroatoms. The van der Waals surface area contributed by atoms with Gasteiger partial charge in [-0.3, -0.25) is 0 Å². The van der Waals surface area contributed by atoms with Gasteiger partial charge >= 0.3 is 5.97 Å². The van der Waals surface area contributed by atoms with Gasteiger partial charge in [0, 0.05) is 11.6 Å². The van der Waals surface area contributed by atoms with E-state index in [2.05, 4.69) is 21.1 Å². The van der Waals surface area contributed by atoms with Crippen LogP contribution >= 0.6 is 15.9 Å².